The van der Waals surface area contributed by atoms with Gasteiger partial charge in [-0.15, -0.1) is 0 Å². The van der Waals surface area contributed by atoms with Crippen LogP contribution in [0.1, 0.15) is 44.7 Å². The molecule has 0 aromatic heterocycles. The summed E-state index contributed by atoms with van der Waals surface area (Å²) in [5.74, 6) is 0.896. The zero-order chi connectivity index (χ0) is 32.5. The van der Waals surface area contributed by atoms with Gasteiger partial charge in [-0.2, -0.15) is 0 Å². The molecule has 3 aliphatic heterocycles. The molecule has 1 fully saturated rings. The number of para-hydroxylation sites is 2. The van der Waals surface area contributed by atoms with Crippen LogP contribution in [0.2, 0.25) is 0 Å². The zero-order valence-corrected chi connectivity index (χ0v) is 24.7. The molecule has 0 radical (unpaired) electrons. The number of benzene rings is 4. The summed E-state index contributed by atoms with van der Waals surface area (Å²) in [5, 5.41) is 44.7. The van der Waals surface area contributed by atoms with Crippen molar-refractivity contribution < 1.29 is 49.3 Å². The summed E-state index contributed by atoms with van der Waals surface area (Å²) in [4.78, 5) is 27.2. The average Bonchev–Trinajstić information content (AvgIpc) is 3.10. The summed E-state index contributed by atoms with van der Waals surface area (Å²) in [6.07, 6.45) is -6.96. The van der Waals surface area contributed by atoms with Gasteiger partial charge in [-0.3, -0.25) is 9.59 Å². The minimum atomic E-state index is -1.57. The van der Waals surface area contributed by atoms with Gasteiger partial charge in [0.15, 0.2) is 29.1 Å². The lowest BCUT2D eigenvalue weighted by Crippen LogP contribution is -2.61. The molecule has 3 aliphatic rings. The van der Waals surface area contributed by atoms with Gasteiger partial charge < -0.3 is 39.7 Å². The molecule has 0 amide bonds. The molecule has 4 aromatic carbocycles. The molecule has 1 saturated heterocycles. The lowest BCUT2D eigenvalue weighted by atomic mass is 9.65. The minimum Gasteiger partial charge on any atom is -0.477 e. The Hall–Kier alpha value is -4.42. The maximum Gasteiger partial charge on any atom is 0.185 e. The third-order valence-electron chi connectivity index (χ3n) is 8.76. The van der Waals surface area contributed by atoms with Gasteiger partial charge in [0.25, 0.3) is 0 Å². The number of carbonyl (C=O) groups is 2. The fourth-order valence-corrected chi connectivity index (χ4v) is 6.40. The summed E-state index contributed by atoms with van der Waals surface area (Å²) < 4.78 is 18.3. The van der Waals surface area contributed by atoms with Crippen LogP contribution in [0.3, 0.4) is 0 Å². The van der Waals surface area contributed by atoms with E-state index < -0.39 is 48.5 Å². The van der Waals surface area contributed by atoms with Gasteiger partial charge in [0, 0.05) is 11.1 Å². The van der Waals surface area contributed by atoms with E-state index in [1.54, 1.807) is 24.3 Å². The maximum atomic E-state index is 13.6. The number of hydrogen-bond acceptors (Lipinski definition) is 10. The highest BCUT2D eigenvalue weighted by Crippen LogP contribution is 2.56. The van der Waals surface area contributed by atoms with Crippen LogP contribution in [0.4, 0.5) is 0 Å². The summed E-state index contributed by atoms with van der Waals surface area (Å²) >= 11 is 0. The van der Waals surface area contributed by atoms with Crippen LogP contribution in [0.25, 0.3) is 0 Å². The van der Waals surface area contributed by atoms with Gasteiger partial charge >= 0.3 is 0 Å². The second kappa shape index (κ2) is 12.8. The van der Waals surface area contributed by atoms with E-state index in [1.165, 1.54) is 0 Å². The Balaban J connectivity index is 0.000000262. The highest BCUT2D eigenvalue weighted by Gasteiger charge is 2.63. The Bertz CT molecular complexity index is 1580. The summed E-state index contributed by atoms with van der Waals surface area (Å²) in [6, 6.07) is 33.9. The second-order valence-corrected chi connectivity index (χ2v) is 11.5. The van der Waals surface area contributed by atoms with Crippen molar-refractivity contribution in [2.45, 2.75) is 54.7 Å². The van der Waals surface area contributed by atoms with Crippen LogP contribution in [0, 0.1) is 0 Å². The molecule has 3 heterocycles. The number of fused-ring (bicyclic) bond motifs is 2. The highest BCUT2D eigenvalue weighted by atomic mass is 16.6. The van der Waals surface area contributed by atoms with Crippen LogP contribution in [0.5, 0.6) is 11.5 Å². The van der Waals surface area contributed by atoms with Crippen LogP contribution in [-0.4, -0.2) is 74.4 Å². The topological polar surface area (TPSA) is 163 Å². The summed E-state index contributed by atoms with van der Waals surface area (Å²) in [5.41, 5.74) is 0.136. The van der Waals surface area contributed by atoms with Crippen molar-refractivity contribution in [2.75, 3.05) is 6.61 Å². The van der Waals surface area contributed by atoms with E-state index in [0.717, 1.165) is 11.1 Å². The van der Waals surface area contributed by atoms with Crippen molar-refractivity contribution in [3.8, 4) is 11.5 Å². The van der Waals surface area contributed by atoms with E-state index in [4.69, 9.17) is 35.0 Å². The monoisotopic (exact) mass is 626 g/mol. The largest absolute Gasteiger partial charge is 0.477 e. The van der Waals surface area contributed by atoms with E-state index in [-0.39, 0.29) is 24.4 Å². The van der Waals surface area contributed by atoms with Gasteiger partial charge in [-0.1, -0.05) is 84.9 Å². The van der Waals surface area contributed by atoms with E-state index in [2.05, 4.69) is 4.74 Å². The molecule has 5 N–H and O–H groups in total. The Morgan fingerprint density at radius 1 is 0.565 bits per heavy atom. The highest BCUT2D eigenvalue weighted by molar-refractivity contribution is 6.02. The first-order chi connectivity index (χ1) is 22.2. The number of Topliss-reactive ketones (excluding diaryl/α,β-unsaturated/α-hetero) is 2. The zero-order valence-electron chi connectivity index (χ0n) is 24.7. The minimum absolute atomic E-state index is 0.0400. The molecule has 46 heavy (non-hydrogen) atoms. The first-order valence-electron chi connectivity index (χ1n) is 14.9. The molecule has 0 bridgehead atoms. The van der Waals surface area contributed by atoms with Crippen molar-refractivity contribution >= 4 is 11.6 Å². The number of aliphatic hydroxyl groups excluding tert-OH is 5. The molecule has 0 saturated carbocycles. The Morgan fingerprint density at radius 2 is 0.978 bits per heavy atom. The number of hydrogen-bond donors (Lipinski definition) is 5. The van der Waals surface area contributed by atoms with Crippen LogP contribution >= 0.6 is 0 Å². The number of carbonyl (C=O) groups excluding carboxylic acids is 2. The van der Waals surface area contributed by atoms with Crippen molar-refractivity contribution in [1.29, 1.82) is 0 Å². The van der Waals surface area contributed by atoms with Gasteiger partial charge in [-0.05, 0) is 24.3 Å². The molecule has 7 rings (SSSR count). The number of ketones is 2. The number of ether oxygens (including phenoxy) is 3. The Morgan fingerprint density at radius 3 is 1.41 bits per heavy atom. The standard InChI is InChI=1S/C30H22O4.C6H12O6/c31-25-19-29(21-11-3-1-4-12-21,33-27-17-9-7-15-23(25)27)30(22-13-5-2-6-14-22)20-26(32)24-16-8-10-18-28(24)34-30;7-1-2-3(8)4(9)5(10)6(11)12-2/h1-18H,19-20H2;2-11H,1H2/t;2-,3-,4+,5-,6?/m.1/s1. The van der Waals surface area contributed by atoms with Gasteiger partial charge in [-0.25, -0.2) is 0 Å². The third kappa shape index (κ3) is 5.39. The summed E-state index contributed by atoms with van der Waals surface area (Å²) in [7, 11) is 0. The molecule has 238 valence electrons. The van der Waals surface area contributed by atoms with Gasteiger partial charge in [0.1, 0.15) is 35.9 Å². The van der Waals surface area contributed by atoms with E-state index in [9.17, 15) is 9.59 Å². The molecule has 7 atom stereocenters. The van der Waals surface area contributed by atoms with Crippen LogP contribution in [-0.2, 0) is 15.9 Å². The molecular formula is C36H34O10. The molecule has 4 aromatic rings. The molecule has 10 nitrogen and oxygen atoms in total. The van der Waals surface area contributed by atoms with E-state index >= 15 is 0 Å². The molecule has 3 unspecified atom stereocenters. The smallest absolute Gasteiger partial charge is 0.185 e. The number of aliphatic hydroxyl groups is 5. The predicted octanol–water partition coefficient (Wildman–Crippen LogP) is 2.89. The lowest BCUT2D eigenvalue weighted by molar-refractivity contribution is -0.286. The van der Waals surface area contributed by atoms with Gasteiger partial charge in [0.05, 0.1) is 30.6 Å². The Kier molecular flexibility index (Phi) is 8.75. The third-order valence-corrected chi connectivity index (χ3v) is 8.76. The molecule has 0 spiro atoms. The van der Waals surface area contributed by atoms with Crippen molar-refractivity contribution in [2.24, 2.45) is 0 Å². The van der Waals surface area contributed by atoms with Gasteiger partial charge in [0.2, 0.25) is 0 Å². The van der Waals surface area contributed by atoms with Crippen molar-refractivity contribution in [3.05, 3.63) is 131 Å². The lowest BCUT2D eigenvalue weighted by Gasteiger charge is -2.53. The van der Waals surface area contributed by atoms with E-state index in [1.807, 2.05) is 84.9 Å². The average molecular weight is 627 g/mol. The predicted molar refractivity (Wildman–Crippen MR) is 164 cm³/mol. The van der Waals surface area contributed by atoms with Crippen molar-refractivity contribution in [3.63, 3.8) is 0 Å². The first-order valence-corrected chi connectivity index (χ1v) is 14.9. The maximum absolute atomic E-state index is 13.6. The first kappa shape index (κ1) is 31.6. The van der Waals surface area contributed by atoms with Crippen molar-refractivity contribution in [1.82, 2.24) is 0 Å². The summed E-state index contributed by atoms with van der Waals surface area (Å²) in [6.45, 7) is -0.526. The molecule has 10 heteroatoms. The fourth-order valence-electron chi connectivity index (χ4n) is 6.40. The normalized spacial score (nSPS) is 30.1. The SMILES string of the molecule is O=C1CC(c2ccccc2)(C2(c3ccccc3)CC(=O)c3ccccc3O2)Oc2ccccc21.OC[C@H]1OC(O)[C@H](O)[C@@H](O)[C@@H]1O. The molecule has 0 aliphatic carbocycles. The van der Waals surface area contributed by atoms with E-state index in [0.29, 0.717) is 22.6 Å². The Labute approximate surface area is 265 Å². The quantitative estimate of drug-likeness (QED) is 0.228. The molecular weight excluding hydrogens is 592 g/mol. The second-order valence-electron chi connectivity index (χ2n) is 11.5. The number of rotatable bonds is 4. The van der Waals surface area contributed by atoms with Crippen LogP contribution < -0.4 is 9.47 Å². The van der Waals surface area contributed by atoms with Crippen LogP contribution in [0.15, 0.2) is 109 Å². The fraction of sp³-hybridized carbons (Fsp3) is 0.278.